The van der Waals surface area contributed by atoms with E-state index in [-0.39, 0.29) is 29.5 Å². The van der Waals surface area contributed by atoms with E-state index in [4.69, 9.17) is 9.47 Å². The lowest BCUT2D eigenvalue weighted by atomic mass is 10.2. The van der Waals surface area contributed by atoms with Crippen LogP contribution in [0.25, 0.3) is 0 Å². The van der Waals surface area contributed by atoms with Gasteiger partial charge in [-0.2, -0.15) is 0 Å². The average Bonchev–Trinajstić information content (AvgIpc) is 2.11. The van der Waals surface area contributed by atoms with Gasteiger partial charge in [0.2, 0.25) is 5.75 Å². The molecule has 0 bridgehead atoms. The normalized spacial score (nSPS) is 10.9. The van der Waals surface area contributed by atoms with E-state index in [2.05, 4.69) is 0 Å². The van der Waals surface area contributed by atoms with Crippen molar-refractivity contribution < 1.29 is 19.7 Å². The van der Waals surface area contributed by atoms with E-state index in [0.29, 0.717) is 5.75 Å². The van der Waals surface area contributed by atoms with Crippen molar-refractivity contribution in [1.82, 2.24) is 0 Å². The molecule has 2 N–H and O–H groups in total. The molecule has 0 aliphatic rings. The Morgan fingerprint density at radius 3 is 2.00 bits per heavy atom. The molecule has 0 aromatic heterocycles. The molecule has 4 nitrogen and oxygen atoms in total. The monoisotopic (exact) mass is 226 g/mol. The molecule has 0 unspecified atom stereocenters. The minimum absolute atomic E-state index is 0.00385. The molecule has 0 amide bonds. The number of rotatable bonds is 4. The van der Waals surface area contributed by atoms with Gasteiger partial charge in [-0.25, -0.2) is 0 Å². The lowest BCUT2D eigenvalue weighted by Crippen LogP contribution is -2.08. The maximum Gasteiger partial charge on any atom is 0.200 e. The third-order valence-electron chi connectivity index (χ3n) is 1.76. The second kappa shape index (κ2) is 4.96. The Labute approximate surface area is 95.4 Å². The summed E-state index contributed by atoms with van der Waals surface area (Å²) in [6, 6.07) is 2.93. The second-order valence-electron chi connectivity index (χ2n) is 4.12. The topological polar surface area (TPSA) is 58.9 Å². The first-order chi connectivity index (χ1) is 7.40. The maximum atomic E-state index is 9.57. The van der Waals surface area contributed by atoms with Gasteiger partial charge in [0.1, 0.15) is 5.75 Å². The molecule has 0 saturated heterocycles. The van der Waals surface area contributed by atoms with Crippen LogP contribution in [0.1, 0.15) is 27.7 Å². The SMILES string of the molecule is CC(C)Oc1cc(O)c(O)c(OC(C)C)c1. The predicted octanol–water partition coefficient (Wildman–Crippen LogP) is 2.67. The molecule has 90 valence electrons. The van der Waals surface area contributed by atoms with Crippen molar-refractivity contribution in [2.75, 3.05) is 0 Å². The van der Waals surface area contributed by atoms with Crippen molar-refractivity contribution in [2.45, 2.75) is 39.9 Å². The number of hydrogen-bond acceptors (Lipinski definition) is 4. The van der Waals surface area contributed by atoms with Crippen molar-refractivity contribution in [3.05, 3.63) is 12.1 Å². The molecule has 0 saturated carbocycles. The standard InChI is InChI=1S/C12H18O4/c1-7(2)15-9-5-10(13)12(14)11(6-9)16-8(3)4/h5-8,13-14H,1-4H3. The van der Waals surface area contributed by atoms with Crippen LogP contribution in [0.15, 0.2) is 12.1 Å². The van der Waals surface area contributed by atoms with Crippen molar-refractivity contribution in [2.24, 2.45) is 0 Å². The number of benzene rings is 1. The molecule has 16 heavy (non-hydrogen) atoms. The third kappa shape index (κ3) is 3.22. The number of phenols is 2. The largest absolute Gasteiger partial charge is 0.504 e. The minimum atomic E-state index is -0.259. The first-order valence-electron chi connectivity index (χ1n) is 5.29. The summed E-state index contributed by atoms with van der Waals surface area (Å²) in [7, 11) is 0. The number of ether oxygens (including phenoxy) is 2. The molecule has 0 aliphatic heterocycles. The number of phenolic OH excluding ortho intramolecular Hbond substituents is 2. The fraction of sp³-hybridized carbons (Fsp3) is 0.500. The summed E-state index contributed by atoms with van der Waals surface area (Å²) in [5.41, 5.74) is 0. The van der Waals surface area contributed by atoms with E-state index in [1.165, 1.54) is 6.07 Å². The van der Waals surface area contributed by atoms with Crippen LogP contribution in [0.2, 0.25) is 0 Å². The Balaban J connectivity index is 3.01. The molecular formula is C12H18O4. The summed E-state index contributed by atoms with van der Waals surface area (Å²) in [6.07, 6.45) is -0.0876. The van der Waals surface area contributed by atoms with E-state index < -0.39 is 0 Å². The third-order valence-corrected chi connectivity index (χ3v) is 1.76. The molecular weight excluding hydrogens is 208 g/mol. The van der Waals surface area contributed by atoms with Gasteiger partial charge >= 0.3 is 0 Å². The summed E-state index contributed by atoms with van der Waals surface area (Å²) in [6.45, 7) is 7.44. The zero-order valence-corrected chi connectivity index (χ0v) is 10.0. The van der Waals surface area contributed by atoms with E-state index in [0.717, 1.165) is 0 Å². The lowest BCUT2D eigenvalue weighted by molar-refractivity contribution is 0.218. The first-order valence-corrected chi connectivity index (χ1v) is 5.29. The highest BCUT2D eigenvalue weighted by Gasteiger charge is 2.13. The summed E-state index contributed by atoms with van der Waals surface area (Å²) in [5.74, 6) is 0.199. The van der Waals surface area contributed by atoms with Crippen molar-refractivity contribution in [3.8, 4) is 23.0 Å². The van der Waals surface area contributed by atoms with Crippen LogP contribution < -0.4 is 9.47 Å². The second-order valence-corrected chi connectivity index (χ2v) is 4.12. The van der Waals surface area contributed by atoms with Gasteiger partial charge in [-0.05, 0) is 27.7 Å². The minimum Gasteiger partial charge on any atom is -0.504 e. The van der Waals surface area contributed by atoms with Gasteiger partial charge in [0.25, 0.3) is 0 Å². The van der Waals surface area contributed by atoms with Gasteiger partial charge in [0.15, 0.2) is 11.5 Å². The maximum absolute atomic E-state index is 9.57. The lowest BCUT2D eigenvalue weighted by Gasteiger charge is -2.15. The van der Waals surface area contributed by atoms with Gasteiger partial charge in [-0.1, -0.05) is 0 Å². The zero-order valence-electron chi connectivity index (χ0n) is 10.0. The summed E-state index contributed by atoms with van der Waals surface area (Å²) in [4.78, 5) is 0. The average molecular weight is 226 g/mol. The summed E-state index contributed by atoms with van der Waals surface area (Å²) >= 11 is 0. The Morgan fingerprint density at radius 2 is 1.50 bits per heavy atom. The van der Waals surface area contributed by atoms with Gasteiger partial charge in [0.05, 0.1) is 12.2 Å². The van der Waals surface area contributed by atoms with Crippen LogP contribution in [0.3, 0.4) is 0 Å². The highest BCUT2D eigenvalue weighted by atomic mass is 16.5. The van der Waals surface area contributed by atoms with E-state index in [9.17, 15) is 10.2 Å². The molecule has 0 fully saturated rings. The Hall–Kier alpha value is -1.58. The Kier molecular flexibility index (Phi) is 3.88. The fourth-order valence-electron chi connectivity index (χ4n) is 1.25. The number of aromatic hydroxyl groups is 2. The van der Waals surface area contributed by atoms with Gasteiger partial charge in [-0.3, -0.25) is 0 Å². The quantitative estimate of drug-likeness (QED) is 0.775. The predicted molar refractivity (Wildman–Crippen MR) is 61.3 cm³/mol. The van der Waals surface area contributed by atoms with Crippen molar-refractivity contribution in [3.63, 3.8) is 0 Å². The molecule has 1 aromatic carbocycles. The summed E-state index contributed by atoms with van der Waals surface area (Å²) in [5, 5.41) is 19.1. The molecule has 0 spiro atoms. The molecule has 0 aliphatic carbocycles. The van der Waals surface area contributed by atoms with Gasteiger partial charge in [-0.15, -0.1) is 0 Å². The van der Waals surface area contributed by atoms with Crippen LogP contribution in [-0.4, -0.2) is 22.4 Å². The van der Waals surface area contributed by atoms with Crippen LogP contribution in [0, 0.1) is 0 Å². The first kappa shape index (κ1) is 12.5. The molecule has 1 rings (SSSR count). The van der Waals surface area contributed by atoms with E-state index >= 15 is 0 Å². The van der Waals surface area contributed by atoms with Gasteiger partial charge < -0.3 is 19.7 Å². The Bertz CT molecular complexity index is 358. The van der Waals surface area contributed by atoms with E-state index in [1.54, 1.807) is 6.07 Å². The van der Waals surface area contributed by atoms with E-state index in [1.807, 2.05) is 27.7 Å². The highest BCUT2D eigenvalue weighted by molar-refractivity contribution is 5.54. The molecule has 0 atom stereocenters. The Morgan fingerprint density at radius 1 is 0.938 bits per heavy atom. The zero-order chi connectivity index (χ0) is 12.3. The van der Waals surface area contributed by atoms with Crippen LogP contribution in [0.4, 0.5) is 0 Å². The smallest absolute Gasteiger partial charge is 0.200 e. The van der Waals surface area contributed by atoms with Crippen molar-refractivity contribution >= 4 is 0 Å². The van der Waals surface area contributed by atoms with Crippen LogP contribution in [-0.2, 0) is 0 Å². The summed E-state index contributed by atoms with van der Waals surface area (Å²) < 4.78 is 10.8. The van der Waals surface area contributed by atoms with Crippen LogP contribution >= 0.6 is 0 Å². The molecule has 0 radical (unpaired) electrons. The molecule has 0 heterocycles. The molecule has 4 heteroatoms. The van der Waals surface area contributed by atoms with Crippen LogP contribution in [0.5, 0.6) is 23.0 Å². The number of hydrogen-bond donors (Lipinski definition) is 2. The molecule has 1 aromatic rings. The highest BCUT2D eigenvalue weighted by Crippen LogP contribution is 2.40. The fourth-order valence-corrected chi connectivity index (χ4v) is 1.25. The van der Waals surface area contributed by atoms with Gasteiger partial charge in [0, 0.05) is 12.1 Å². The van der Waals surface area contributed by atoms with Crippen molar-refractivity contribution in [1.29, 1.82) is 0 Å².